The summed E-state index contributed by atoms with van der Waals surface area (Å²) in [5.74, 6) is 1.26. The number of aromatic amines is 1. The van der Waals surface area contributed by atoms with Gasteiger partial charge in [-0.3, -0.25) is 0 Å². The number of aryl methyl sites for hydroxylation is 2. The first kappa shape index (κ1) is 11.7. The molecule has 6 heteroatoms. The number of fused-ring (bicyclic) bond motifs is 3. The lowest BCUT2D eigenvalue weighted by atomic mass is 10.2. The van der Waals surface area contributed by atoms with Crippen LogP contribution in [0.2, 0.25) is 0 Å². The molecule has 0 fully saturated rings. The van der Waals surface area contributed by atoms with Gasteiger partial charge in [-0.05, 0) is 37.0 Å². The Morgan fingerprint density at radius 2 is 2.35 bits per heavy atom. The molecule has 3 N–H and O–H groups in total. The first-order chi connectivity index (χ1) is 9.74. The molecule has 3 aromatic heterocycles. The molecule has 0 aliphatic heterocycles. The van der Waals surface area contributed by atoms with Crippen molar-refractivity contribution >= 4 is 27.4 Å². The molecule has 0 amide bonds. The maximum absolute atomic E-state index is 12.2. The van der Waals surface area contributed by atoms with Crippen molar-refractivity contribution in [3.63, 3.8) is 0 Å². The second kappa shape index (κ2) is 4.21. The van der Waals surface area contributed by atoms with Crippen LogP contribution < -0.4 is 16.0 Å². The van der Waals surface area contributed by atoms with Crippen LogP contribution in [-0.4, -0.2) is 4.98 Å². The molecule has 0 spiro atoms. The van der Waals surface area contributed by atoms with Crippen LogP contribution in [0.25, 0.3) is 10.2 Å². The number of thiophene rings is 1. The Kier molecular flexibility index (Phi) is 2.47. The van der Waals surface area contributed by atoms with E-state index in [1.165, 1.54) is 16.9 Å². The highest BCUT2D eigenvalue weighted by Gasteiger charge is 2.25. The summed E-state index contributed by atoms with van der Waals surface area (Å²) >= 11 is 1.66. The number of nitrogens with two attached hydrogens (primary N) is 1. The van der Waals surface area contributed by atoms with E-state index in [-0.39, 0.29) is 5.69 Å². The van der Waals surface area contributed by atoms with Crippen molar-refractivity contribution in [1.29, 1.82) is 0 Å². The molecule has 0 bridgehead atoms. The molecular formula is C14H14N3O2S+. The Labute approximate surface area is 118 Å². The van der Waals surface area contributed by atoms with Gasteiger partial charge < -0.3 is 10.2 Å². The van der Waals surface area contributed by atoms with E-state index in [1.54, 1.807) is 28.2 Å². The van der Waals surface area contributed by atoms with Crippen LogP contribution in [0.1, 0.15) is 22.6 Å². The quantitative estimate of drug-likeness (QED) is 0.703. The number of H-pyrrole nitrogens is 1. The lowest BCUT2D eigenvalue weighted by Crippen LogP contribution is -2.53. The van der Waals surface area contributed by atoms with Crippen LogP contribution in [0.15, 0.2) is 27.6 Å². The fourth-order valence-corrected chi connectivity index (χ4v) is 4.18. The molecule has 20 heavy (non-hydrogen) atoms. The lowest BCUT2D eigenvalue weighted by molar-refractivity contribution is -0.691. The molecule has 1 aliphatic carbocycles. The van der Waals surface area contributed by atoms with Crippen LogP contribution in [0.3, 0.4) is 0 Å². The minimum Gasteiger partial charge on any atom is -0.466 e. The van der Waals surface area contributed by atoms with Gasteiger partial charge in [0.05, 0.1) is 6.26 Å². The fraction of sp³-hybridized carbons (Fsp3) is 0.286. The second-order valence-corrected chi connectivity index (χ2v) is 6.15. The van der Waals surface area contributed by atoms with Gasteiger partial charge in [0.25, 0.3) is 0 Å². The summed E-state index contributed by atoms with van der Waals surface area (Å²) in [6.45, 7) is 0.356. The highest BCUT2D eigenvalue weighted by molar-refractivity contribution is 7.19. The summed E-state index contributed by atoms with van der Waals surface area (Å²) < 4.78 is 6.86. The number of hydrogen-bond acceptors (Lipinski definition) is 4. The molecule has 0 radical (unpaired) electrons. The van der Waals surface area contributed by atoms with Crippen molar-refractivity contribution in [2.24, 2.45) is 0 Å². The summed E-state index contributed by atoms with van der Waals surface area (Å²) in [7, 11) is 0. The number of nitrogens with zero attached hydrogens (tertiary/aromatic N) is 1. The molecule has 0 saturated heterocycles. The van der Waals surface area contributed by atoms with Gasteiger partial charge in [0.1, 0.15) is 17.7 Å². The number of anilines is 1. The normalized spacial score (nSPS) is 14.0. The molecule has 3 heterocycles. The van der Waals surface area contributed by atoms with E-state index in [4.69, 9.17) is 10.2 Å². The minimum atomic E-state index is -0.189. The average Bonchev–Trinajstić information content (AvgIpc) is 3.09. The van der Waals surface area contributed by atoms with E-state index in [1.807, 2.05) is 6.07 Å². The number of hydrogen-bond donors (Lipinski definition) is 2. The maximum Gasteiger partial charge on any atom is 0.442 e. The minimum absolute atomic E-state index is 0.189. The fourth-order valence-electron chi connectivity index (χ4n) is 2.89. The Balaban J connectivity index is 1.94. The van der Waals surface area contributed by atoms with Gasteiger partial charge in [-0.25, -0.2) is 9.78 Å². The van der Waals surface area contributed by atoms with Gasteiger partial charge in [0.2, 0.25) is 5.82 Å². The van der Waals surface area contributed by atoms with E-state index in [0.29, 0.717) is 12.4 Å². The Bertz CT molecular complexity index is 846. The first-order valence-electron chi connectivity index (χ1n) is 6.62. The van der Waals surface area contributed by atoms with Crippen molar-refractivity contribution < 1.29 is 8.98 Å². The second-order valence-electron chi connectivity index (χ2n) is 5.04. The van der Waals surface area contributed by atoms with Gasteiger partial charge in [-0.2, -0.15) is 4.57 Å². The molecule has 4 rings (SSSR count). The Morgan fingerprint density at radius 3 is 3.15 bits per heavy atom. The Hall–Kier alpha value is -2.08. The van der Waals surface area contributed by atoms with E-state index < -0.39 is 0 Å². The monoisotopic (exact) mass is 288 g/mol. The first-order valence-corrected chi connectivity index (χ1v) is 7.44. The van der Waals surface area contributed by atoms with E-state index in [0.717, 1.165) is 28.8 Å². The summed E-state index contributed by atoms with van der Waals surface area (Å²) in [6, 6.07) is 3.65. The third-order valence-electron chi connectivity index (χ3n) is 3.83. The van der Waals surface area contributed by atoms with Gasteiger partial charge >= 0.3 is 5.69 Å². The van der Waals surface area contributed by atoms with E-state index >= 15 is 0 Å². The van der Waals surface area contributed by atoms with Gasteiger partial charge in [-0.15, -0.1) is 11.3 Å². The van der Waals surface area contributed by atoms with Crippen molar-refractivity contribution in [3.8, 4) is 0 Å². The molecule has 0 atom stereocenters. The smallest absolute Gasteiger partial charge is 0.442 e. The Morgan fingerprint density at radius 1 is 1.45 bits per heavy atom. The zero-order chi connectivity index (χ0) is 13.7. The third-order valence-corrected chi connectivity index (χ3v) is 5.04. The van der Waals surface area contributed by atoms with Gasteiger partial charge in [-0.1, -0.05) is 0 Å². The standard InChI is InChI=1S/C14H13N3O2S/c15-12-11-9-4-1-5-10(9)20-13(11)16-14(18)17(12)7-8-3-2-6-19-8/h2-3,6H,1,4-5,7H2,(H2,15,16,18)/p+1. The number of furan rings is 1. The highest BCUT2D eigenvalue weighted by Crippen LogP contribution is 2.37. The van der Waals surface area contributed by atoms with Crippen LogP contribution in [-0.2, 0) is 19.4 Å². The van der Waals surface area contributed by atoms with Gasteiger partial charge in [0.15, 0.2) is 4.83 Å². The molecular weight excluding hydrogens is 274 g/mol. The van der Waals surface area contributed by atoms with E-state index in [9.17, 15) is 4.79 Å². The third kappa shape index (κ3) is 1.61. The van der Waals surface area contributed by atoms with Crippen LogP contribution >= 0.6 is 11.3 Å². The number of aromatic nitrogens is 2. The summed E-state index contributed by atoms with van der Waals surface area (Å²) in [6.07, 6.45) is 4.91. The lowest BCUT2D eigenvalue weighted by Gasteiger charge is -2.03. The van der Waals surface area contributed by atoms with Crippen LogP contribution in [0.5, 0.6) is 0 Å². The highest BCUT2D eigenvalue weighted by atomic mass is 32.1. The average molecular weight is 288 g/mol. The largest absolute Gasteiger partial charge is 0.466 e. The van der Waals surface area contributed by atoms with Crippen LogP contribution in [0.4, 0.5) is 5.82 Å². The molecule has 5 nitrogen and oxygen atoms in total. The molecule has 0 saturated carbocycles. The molecule has 102 valence electrons. The van der Waals surface area contributed by atoms with Crippen LogP contribution in [0, 0.1) is 0 Å². The number of nitrogen functional groups attached to an aromatic ring is 1. The summed E-state index contributed by atoms with van der Waals surface area (Å²) in [4.78, 5) is 17.4. The zero-order valence-corrected chi connectivity index (χ0v) is 11.6. The molecule has 0 unspecified atom stereocenters. The maximum atomic E-state index is 12.2. The van der Waals surface area contributed by atoms with Crippen molar-refractivity contribution in [2.45, 2.75) is 25.8 Å². The van der Waals surface area contributed by atoms with Crippen molar-refractivity contribution in [2.75, 3.05) is 5.73 Å². The molecule has 3 aromatic rings. The van der Waals surface area contributed by atoms with Crippen molar-refractivity contribution in [3.05, 3.63) is 45.1 Å². The SMILES string of the molecule is Nc1c2c3c(sc2[nH]c(=O)[n+]1Cc1ccco1)CCC3. The summed E-state index contributed by atoms with van der Waals surface area (Å²) in [5.41, 5.74) is 7.39. The topological polar surface area (TPSA) is 75.9 Å². The van der Waals surface area contributed by atoms with Gasteiger partial charge in [0, 0.05) is 4.88 Å². The number of rotatable bonds is 2. The molecule has 1 aliphatic rings. The molecule has 0 aromatic carbocycles. The predicted molar refractivity (Wildman–Crippen MR) is 76.9 cm³/mol. The summed E-state index contributed by atoms with van der Waals surface area (Å²) in [5, 5.41) is 1.02. The zero-order valence-electron chi connectivity index (χ0n) is 10.8. The van der Waals surface area contributed by atoms with Crippen molar-refractivity contribution in [1.82, 2.24) is 4.98 Å². The predicted octanol–water partition coefficient (Wildman–Crippen LogP) is 1.59. The van der Waals surface area contributed by atoms with E-state index in [2.05, 4.69) is 4.98 Å². The number of nitrogens with one attached hydrogen (secondary N) is 1.